The van der Waals surface area contributed by atoms with Gasteiger partial charge in [-0.2, -0.15) is 0 Å². The number of nitrogens with one attached hydrogen (secondary N) is 2. The molecule has 0 aromatic heterocycles. The predicted molar refractivity (Wildman–Crippen MR) is 90.9 cm³/mol. The molecule has 0 amide bonds. The van der Waals surface area contributed by atoms with Crippen molar-refractivity contribution in [1.82, 2.24) is 10.0 Å². The maximum Gasteiger partial charge on any atom is 0.240 e. The number of hydrogen-bond donors (Lipinski definition) is 2. The van der Waals surface area contributed by atoms with E-state index in [1.807, 2.05) is 6.92 Å². The van der Waals surface area contributed by atoms with Crippen molar-refractivity contribution < 1.29 is 17.5 Å². The molecule has 1 unspecified atom stereocenters. The molecular formula is C17H21FN2O3S. The normalized spacial score (nSPS) is 12.8. The first-order valence-corrected chi connectivity index (χ1v) is 8.95. The highest BCUT2D eigenvalue weighted by atomic mass is 32.2. The van der Waals surface area contributed by atoms with Crippen LogP contribution in [0.2, 0.25) is 0 Å². The van der Waals surface area contributed by atoms with Gasteiger partial charge in [-0.15, -0.1) is 0 Å². The largest absolute Gasteiger partial charge is 0.494 e. The highest BCUT2D eigenvalue weighted by Crippen LogP contribution is 2.21. The molecule has 2 aromatic rings. The van der Waals surface area contributed by atoms with Gasteiger partial charge in [0.2, 0.25) is 10.0 Å². The van der Waals surface area contributed by atoms with Crippen molar-refractivity contribution in [3.63, 3.8) is 0 Å². The summed E-state index contributed by atoms with van der Waals surface area (Å²) in [4.78, 5) is 0.208. The van der Waals surface area contributed by atoms with Crippen molar-refractivity contribution >= 4 is 10.0 Å². The molecular weight excluding hydrogens is 331 g/mol. The van der Waals surface area contributed by atoms with Crippen LogP contribution in [0.15, 0.2) is 47.4 Å². The minimum absolute atomic E-state index is 0.0676. The number of hydrogen-bond acceptors (Lipinski definition) is 4. The average molecular weight is 352 g/mol. The summed E-state index contributed by atoms with van der Waals surface area (Å²) in [5.41, 5.74) is 1.42. The minimum Gasteiger partial charge on any atom is -0.494 e. The number of rotatable bonds is 7. The van der Waals surface area contributed by atoms with Gasteiger partial charge in [0.05, 0.1) is 12.0 Å². The molecule has 1 atom stereocenters. The van der Waals surface area contributed by atoms with Gasteiger partial charge < -0.3 is 10.1 Å². The Morgan fingerprint density at radius 3 is 2.42 bits per heavy atom. The van der Waals surface area contributed by atoms with E-state index in [0.29, 0.717) is 12.1 Å². The second-order valence-corrected chi connectivity index (χ2v) is 7.20. The van der Waals surface area contributed by atoms with E-state index in [4.69, 9.17) is 4.74 Å². The monoisotopic (exact) mass is 352 g/mol. The van der Waals surface area contributed by atoms with Crippen molar-refractivity contribution in [1.29, 1.82) is 0 Å². The lowest BCUT2D eigenvalue weighted by Crippen LogP contribution is -2.20. The van der Waals surface area contributed by atoms with Gasteiger partial charge >= 0.3 is 0 Å². The second-order valence-electron chi connectivity index (χ2n) is 5.31. The van der Waals surface area contributed by atoms with Crippen LogP contribution < -0.4 is 14.8 Å². The molecule has 0 heterocycles. The number of ether oxygens (including phenoxy) is 1. The quantitative estimate of drug-likeness (QED) is 0.804. The topological polar surface area (TPSA) is 67.4 Å². The third kappa shape index (κ3) is 4.11. The van der Waals surface area contributed by atoms with Crippen LogP contribution in [-0.2, 0) is 16.6 Å². The summed E-state index contributed by atoms with van der Waals surface area (Å²) in [6.07, 6.45) is 0. The lowest BCUT2D eigenvalue weighted by molar-refractivity contribution is 0.382. The molecule has 7 heteroatoms. The molecule has 0 saturated heterocycles. The van der Waals surface area contributed by atoms with Crippen LogP contribution in [0.25, 0.3) is 0 Å². The third-order valence-corrected chi connectivity index (χ3v) is 5.25. The molecule has 0 aliphatic carbocycles. The van der Waals surface area contributed by atoms with Gasteiger partial charge in [0.1, 0.15) is 0 Å². The Kier molecular flexibility index (Phi) is 5.93. The van der Waals surface area contributed by atoms with Gasteiger partial charge in [0.25, 0.3) is 0 Å². The molecule has 0 bridgehead atoms. The minimum atomic E-state index is -3.44. The zero-order chi connectivity index (χ0) is 17.7. The fourth-order valence-electron chi connectivity index (χ4n) is 2.28. The molecule has 0 fully saturated rings. The fraction of sp³-hybridized carbons (Fsp3) is 0.294. The Morgan fingerprint density at radius 2 is 1.83 bits per heavy atom. The van der Waals surface area contributed by atoms with Crippen molar-refractivity contribution in [3.8, 4) is 5.75 Å². The molecule has 0 saturated carbocycles. The number of methoxy groups -OCH3 is 1. The highest BCUT2D eigenvalue weighted by molar-refractivity contribution is 7.89. The Morgan fingerprint density at radius 1 is 1.17 bits per heavy atom. The smallest absolute Gasteiger partial charge is 0.240 e. The van der Waals surface area contributed by atoms with E-state index < -0.39 is 10.0 Å². The van der Waals surface area contributed by atoms with Crippen molar-refractivity contribution in [2.24, 2.45) is 0 Å². The van der Waals surface area contributed by atoms with Crippen LogP contribution in [0.5, 0.6) is 5.75 Å². The Labute approximate surface area is 141 Å². The summed E-state index contributed by atoms with van der Waals surface area (Å²) >= 11 is 0. The van der Waals surface area contributed by atoms with Crippen LogP contribution in [0, 0.1) is 5.82 Å². The summed E-state index contributed by atoms with van der Waals surface area (Å²) in [5, 5.41) is 3.22. The van der Waals surface area contributed by atoms with E-state index in [1.165, 1.54) is 14.2 Å². The Balaban J connectivity index is 2.07. The average Bonchev–Trinajstić information content (AvgIpc) is 2.60. The number of halogens is 1. The maximum atomic E-state index is 14.1. The van der Waals surface area contributed by atoms with Gasteiger partial charge in [-0.25, -0.2) is 17.5 Å². The first-order valence-electron chi connectivity index (χ1n) is 7.47. The van der Waals surface area contributed by atoms with E-state index in [1.54, 1.807) is 42.5 Å². The van der Waals surface area contributed by atoms with E-state index in [-0.39, 0.29) is 22.5 Å². The fourth-order valence-corrected chi connectivity index (χ4v) is 3.01. The van der Waals surface area contributed by atoms with Crippen LogP contribution in [0.3, 0.4) is 0 Å². The Bertz CT molecular complexity index is 792. The van der Waals surface area contributed by atoms with Crippen LogP contribution in [0.4, 0.5) is 4.39 Å². The standard InChI is InChI=1S/C17H21FN2O3S/c1-12(13-7-9-15(10-8-13)24(21,22)19-2)20-11-14-5-4-6-16(23-3)17(14)18/h4-10,12,19-20H,11H2,1-3H3. The number of sulfonamides is 1. The summed E-state index contributed by atoms with van der Waals surface area (Å²) in [5.74, 6) is -0.168. The first-order chi connectivity index (χ1) is 11.4. The summed E-state index contributed by atoms with van der Waals surface area (Å²) in [7, 11) is -0.642. The zero-order valence-corrected chi connectivity index (χ0v) is 14.7. The van der Waals surface area contributed by atoms with Crippen molar-refractivity contribution in [2.45, 2.75) is 24.4 Å². The van der Waals surface area contributed by atoms with Crippen LogP contribution in [-0.4, -0.2) is 22.6 Å². The van der Waals surface area contributed by atoms with E-state index in [2.05, 4.69) is 10.0 Å². The number of benzene rings is 2. The van der Waals surface area contributed by atoms with Crippen molar-refractivity contribution in [2.75, 3.05) is 14.2 Å². The lowest BCUT2D eigenvalue weighted by Gasteiger charge is -2.16. The summed E-state index contributed by atoms with van der Waals surface area (Å²) in [6.45, 7) is 2.26. The van der Waals surface area contributed by atoms with Crippen LogP contribution in [0.1, 0.15) is 24.1 Å². The lowest BCUT2D eigenvalue weighted by atomic mass is 10.1. The highest BCUT2D eigenvalue weighted by Gasteiger charge is 2.13. The first kappa shape index (κ1) is 18.4. The molecule has 2 aromatic carbocycles. The van der Waals surface area contributed by atoms with Crippen molar-refractivity contribution in [3.05, 3.63) is 59.4 Å². The second kappa shape index (κ2) is 7.74. The summed E-state index contributed by atoms with van der Waals surface area (Å²) < 4.78 is 44.8. The Hall–Kier alpha value is -1.96. The predicted octanol–water partition coefficient (Wildman–Crippen LogP) is 2.59. The molecule has 0 aliphatic heterocycles. The molecule has 24 heavy (non-hydrogen) atoms. The molecule has 2 N–H and O–H groups in total. The van der Waals surface area contributed by atoms with Gasteiger partial charge in [-0.1, -0.05) is 24.3 Å². The molecule has 130 valence electrons. The zero-order valence-electron chi connectivity index (χ0n) is 13.8. The van der Waals surface area contributed by atoms with Crippen LogP contribution >= 0.6 is 0 Å². The van der Waals surface area contributed by atoms with Gasteiger partial charge in [0, 0.05) is 18.2 Å². The van der Waals surface area contributed by atoms with E-state index >= 15 is 0 Å². The molecule has 0 aliphatic rings. The van der Waals surface area contributed by atoms with Gasteiger partial charge in [0.15, 0.2) is 11.6 Å². The summed E-state index contributed by atoms with van der Waals surface area (Å²) in [6, 6.07) is 11.5. The third-order valence-electron chi connectivity index (χ3n) is 3.82. The molecule has 0 spiro atoms. The van der Waals surface area contributed by atoms with E-state index in [0.717, 1.165) is 5.56 Å². The molecule has 0 radical (unpaired) electrons. The molecule has 2 rings (SSSR count). The SMILES string of the molecule is CNS(=O)(=O)c1ccc(C(C)NCc2cccc(OC)c2F)cc1. The van der Waals surface area contributed by atoms with E-state index in [9.17, 15) is 12.8 Å². The maximum absolute atomic E-state index is 14.1. The van der Waals surface area contributed by atoms with Gasteiger partial charge in [-0.05, 0) is 37.7 Å². The van der Waals surface area contributed by atoms with Gasteiger partial charge in [-0.3, -0.25) is 0 Å². The molecule has 5 nitrogen and oxygen atoms in total.